The molecule has 2 rings (SSSR count). The summed E-state index contributed by atoms with van der Waals surface area (Å²) in [6, 6.07) is 10.6. The van der Waals surface area contributed by atoms with E-state index in [4.69, 9.17) is 0 Å². The highest BCUT2D eigenvalue weighted by Crippen LogP contribution is 2.29. The fraction of sp³-hybridized carbons (Fsp3) is 0.350. The molecule has 0 heterocycles. The zero-order valence-electron chi connectivity index (χ0n) is 16.3. The van der Waals surface area contributed by atoms with Crippen LogP contribution in [0.4, 0.5) is 13.2 Å². The van der Waals surface area contributed by atoms with E-state index in [0.29, 0.717) is 11.1 Å². The molecule has 0 bridgehead atoms. The maximum absolute atomic E-state index is 12.6. The lowest BCUT2D eigenvalue weighted by molar-refractivity contribution is -0.137. The van der Waals surface area contributed by atoms with Crippen LogP contribution in [0.1, 0.15) is 37.5 Å². The van der Waals surface area contributed by atoms with Gasteiger partial charge in [0, 0.05) is 12.1 Å². The zero-order chi connectivity index (χ0) is 21.9. The third-order valence-electron chi connectivity index (χ3n) is 3.82. The monoisotopic (exact) mass is 428 g/mol. The van der Waals surface area contributed by atoms with Gasteiger partial charge in [0.2, 0.25) is 15.9 Å². The molecule has 29 heavy (non-hydrogen) atoms. The summed E-state index contributed by atoms with van der Waals surface area (Å²) in [5.41, 5.74) is -0.624. The molecule has 0 saturated heterocycles. The Morgan fingerprint density at radius 1 is 0.966 bits per heavy atom. The predicted molar refractivity (Wildman–Crippen MR) is 104 cm³/mol. The van der Waals surface area contributed by atoms with Crippen molar-refractivity contribution in [3.8, 4) is 0 Å². The van der Waals surface area contributed by atoms with Crippen molar-refractivity contribution in [2.24, 2.45) is 0 Å². The topological polar surface area (TPSA) is 75.3 Å². The fourth-order valence-corrected chi connectivity index (χ4v) is 4.28. The van der Waals surface area contributed by atoms with Gasteiger partial charge in [0.25, 0.3) is 0 Å². The summed E-state index contributed by atoms with van der Waals surface area (Å²) < 4.78 is 65.6. The molecule has 0 unspecified atom stereocenters. The first kappa shape index (κ1) is 22.9. The number of rotatable bonds is 6. The molecule has 2 aromatic carbocycles. The van der Waals surface area contributed by atoms with Crippen molar-refractivity contribution in [3.05, 3.63) is 65.2 Å². The van der Waals surface area contributed by atoms with Gasteiger partial charge in [-0.2, -0.15) is 13.2 Å². The molecule has 158 valence electrons. The van der Waals surface area contributed by atoms with E-state index in [1.165, 1.54) is 18.2 Å². The Labute approximate surface area is 168 Å². The van der Waals surface area contributed by atoms with E-state index in [1.54, 1.807) is 39.0 Å². The van der Waals surface area contributed by atoms with E-state index in [0.717, 1.165) is 12.1 Å². The van der Waals surface area contributed by atoms with Gasteiger partial charge >= 0.3 is 6.18 Å². The molecule has 2 aromatic rings. The molecule has 0 aliphatic carbocycles. The number of benzene rings is 2. The van der Waals surface area contributed by atoms with Crippen LogP contribution in [0.15, 0.2) is 53.4 Å². The molecule has 0 aliphatic heterocycles. The van der Waals surface area contributed by atoms with Gasteiger partial charge in [0.1, 0.15) is 0 Å². The summed E-state index contributed by atoms with van der Waals surface area (Å²) in [6.45, 7) is 5.14. The first-order valence-electron chi connectivity index (χ1n) is 8.83. The lowest BCUT2D eigenvalue weighted by Gasteiger charge is -2.21. The van der Waals surface area contributed by atoms with Crippen molar-refractivity contribution in [2.75, 3.05) is 0 Å². The SMILES string of the molecule is CC(C)(C)NS(=O)(=O)c1ccccc1CNC(=O)Cc1ccc(C(F)(F)F)cc1. The summed E-state index contributed by atoms with van der Waals surface area (Å²) in [6.07, 6.45) is -4.55. The molecule has 0 aliphatic rings. The van der Waals surface area contributed by atoms with Crippen LogP contribution in [-0.4, -0.2) is 19.9 Å². The Morgan fingerprint density at radius 3 is 2.10 bits per heavy atom. The van der Waals surface area contributed by atoms with E-state index in [2.05, 4.69) is 10.0 Å². The van der Waals surface area contributed by atoms with Gasteiger partial charge in [0.15, 0.2) is 0 Å². The summed E-state index contributed by atoms with van der Waals surface area (Å²) >= 11 is 0. The normalized spacial score (nSPS) is 12.6. The van der Waals surface area contributed by atoms with E-state index in [1.807, 2.05) is 0 Å². The van der Waals surface area contributed by atoms with E-state index < -0.39 is 33.2 Å². The van der Waals surface area contributed by atoms with Gasteiger partial charge in [-0.1, -0.05) is 30.3 Å². The molecule has 5 nitrogen and oxygen atoms in total. The molecule has 9 heteroatoms. The minimum atomic E-state index is -4.43. The second-order valence-corrected chi connectivity index (χ2v) is 9.26. The van der Waals surface area contributed by atoms with Gasteiger partial charge in [-0.05, 0) is 50.1 Å². The van der Waals surface area contributed by atoms with Gasteiger partial charge in [-0.25, -0.2) is 13.1 Å². The molecule has 0 saturated carbocycles. The minimum Gasteiger partial charge on any atom is -0.352 e. The summed E-state index contributed by atoms with van der Waals surface area (Å²) in [5.74, 6) is -0.430. The van der Waals surface area contributed by atoms with Gasteiger partial charge in [0.05, 0.1) is 16.9 Å². The molecule has 2 N–H and O–H groups in total. The lowest BCUT2D eigenvalue weighted by Crippen LogP contribution is -2.41. The van der Waals surface area contributed by atoms with Crippen LogP contribution in [0.25, 0.3) is 0 Å². The molecular weight excluding hydrogens is 405 g/mol. The standard InChI is InChI=1S/C20H23F3N2O3S/c1-19(2,3)25-29(27,28)17-7-5-4-6-15(17)13-24-18(26)12-14-8-10-16(11-9-14)20(21,22)23/h4-11,25H,12-13H2,1-3H3,(H,24,26). The highest BCUT2D eigenvalue weighted by molar-refractivity contribution is 7.89. The Morgan fingerprint density at radius 2 is 1.55 bits per heavy atom. The fourth-order valence-electron chi connectivity index (χ4n) is 2.62. The molecule has 1 amide bonds. The Bertz CT molecular complexity index is 964. The van der Waals surface area contributed by atoms with Crippen LogP contribution in [0.3, 0.4) is 0 Å². The molecule has 0 fully saturated rings. The third kappa shape index (κ3) is 6.86. The number of hydrogen-bond donors (Lipinski definition) is 2. The number of carbonyl (C=O) groups excluding carboxylic acids is 1. The Kier molecular flexibility index (Phi) is 6.74. The van der Waals surface area contributed by atoms with Crippen molar-refractivity contribution in [1.29, 1.82) is 0 Å². The minimum absolute atomic E-state index is 0.0271. The molecular formula is C20H23F3N2O3S. The highest BCUT2D eigenvalue weighted by Gasteiger charge is 2.30. The van der Waals surface area contributed by atoms with E-state index >= 15 is 0 Å². The second-order valence-electron chi connectivity index (χ2n) is 7.61. The zero-order valence-corrected chi connectivity index (χ0v) is 17.1. The van der Waals surface area contributed by atoms with Gasteiger partial charge in [-0.15, -0.1) is 0 Å². The predicted octanol–water partition coefficient (Wildman–Crippen LogP) is 3.64. The second kappa shape index (κ2) is 8.54. The molecule has 0 spiro atoms. The number of nitrogens with one attached hydrogen (secondary N) is 2. The maximum Gasteiger partial charge on any atom is 0.416 e. The van der Waals surface area contributed by atoms with Crippen LogP contribution in [0.5, 0.6) is 0 Å². The van der Waals surface area contributed by atoms with E-state index in [9.17, 15) is 26.4 Å². The number of halogens is 3. The van der Waals surface area contributed by atoms with Crippen LogP contribution >= 0.6 is 0 Å². The molecule has 0 aromatic heterocycles. The number of alkyl halides is 3. The molecule has 0 atom stereocenters. The van der Waals surface area contributed by atoms with Gasteiger partial charge < -0.3 is 5.32 Å². The van der Waals surface area contributed by atoms with Crippen LogP contribution in [0, 0.1) is 0 Å². The largest absolute Gasteiger partial charge is 0.416 e. The number of hydrogen-bond acceptors (Lipinski definition) is 3. The number of carbonyl (C=O) groups is 1. The quantitative estimate of drug-likeness (QED) is 0.738. The highest BCUT2D eigenvalue weighted by atomic mass is 32.2. The molecule has 0 radical (unpaired) electrons. The van der Waals surface area contributed by atoms with Crippen molar-refractivity contribution in [3.63, 3.8) is 0 Å². The Hall–Kier alpha value is -2.39. The first-order valence-corrected chi connectivity index (χ1v) is 10.3. The van der Waals surface area contributed by atoms with Crippen LogP contribution in [-0.2, 0) is 34.0 Å². The average Bonchev–Trinajstić information content (AvgIpc) is 2.58. The maximum atomic E-state index is 12.6. The van der Waals surface area contributed by atoms with Crippen molar-refractivity contribution in [1.82, 2.24) is 10.0 Å². The van der Waals surface area contributed by atoms with Crippen molar-refractivity contribution in [2.45, 2.75) is 50.3 Å². The van der Waals surface area contributed by atoms with Crippen molar-refractivity contribution >= 4 is 15.9 Å². The first-order chi connectivity index (χ1) is 13.3. The van der Waals surface area contributed by atoms with Crippen LogP contribution in [0.2, 0.25) is 0 Å². The third-order valence-corrected chi connectivity index (χ3v) is 5.68. The number of sulfonamides is 1. The summed E-state index contributed by atoms with van der Waals surface area (Å²) in [4.78, 5) is 12.2. The lowest BCUT2D eigenvalue weighted by atomic mass is 10.1. The number of amides is 1. The van der Waals surface area contributed by atoms with Crippen LogP contribution < -0.4 is 10.0 Å². The smallest absolute Gasteiger partial charge is 0.352 e. The van der Waals surface area contributed by atoms with Crippen molar-refractivity contribution < 1.29 is 26.4 Å². The van der Waals surface area contributed by atoms with Gasteiger partial charge in [-0.3, -0.25) is 4.79 Å². The summed E-state index contributed by atoms with van der Waals surface area (Å²) in [7, 11) is -3.78. The van der Waals surface area contributed by atoms with E-state index in [-0.39, 0.29) is 17.9 Å². The Balaban J connectivity index is 2.06. The summed E-state index contributed by atoms with van der Waals surface area (Å²) in [5, 5.41) is 2.61. The average molecular weight is 428 g/mol.